The van der Waals surface area contributed by atoms with Crippen LogP contribution in [0.3, 0.4) is 0 Å². The fourth-order valence-corrected chi connectivity index (χ4v) is 3.99. The van der Waals surface area contributed by atoms with Crippen molar-refractivity contribution in [3.63, 3.8) is 0 Å². The van der Waals surface area contributed by atoms with E-state index in [9.17, 15) is 4.79 Å². The summed E-state index contributed by atoms with van der Waals surface area (Å²) in [6.45, 7) is 6.52. The van der Waals surface area contributed by atoms with Gasteiger partial charge in [0, 0.05) is 37.1 Å². The number of aryl methyl sites for hydroxylation is 3. The number of hydrogen-bond acceptors (Lipinski definition) is 4. The summed E-state index contributed by atoms with van der Waals surface area (Å²) in [5, 5.41) is 4.52. The Hall–Kier alpha value is -3.12. The average molecular weight is 408 g/mol. The number of imidazole rings is 1. The number of hydrogen-bond donors (Lipinski definition) is 2. The summed E-state index contributed by atoms with van der Waals surface area (Å²) < 4.78 is 2.06. The van der Waals surface area contributed by atoms with Crippen LogP contribution in [0.25, 0.3) is 16.6 Å². The molecule has 0 amide bonds. The van der Waals surface area contributed by atoms with E-state index < -0.39 is 0 Å². The predicted octanol–water partition coefficient (Wildman–Crippen LogP) is 4.34. The first-order chi connectivity index (χ1) is 14.0. The van der Waals surface area contributed by atoms with Crippen molar-refractivity contribution in [3.8, 4) is 5.69 Å². The highest BCUT2D eigenvalue weighted by molar-refractivity contribution is 6.32. The molecule has 7 heteroatoms. The number of H-pyrrole nitrogens is 1. The van der Waals surface area contributed by atoms with Gasteiger partial charge in [-0.25, -0.2) is 9.97 Å². The summed E-state index contributed by atoms with van der Waals surface area (Å²) in [6, 6.07) is 7.46. The van der Waals surface area contributed by atoms with Gasteiger partial charge in [-0.05, 0) is 38.0 Å². The highest BCUT2D eigenvalue weighted by Gasteiger charge is 2.18. The van der Waals surface area contributed by atoms with Crippen LogP contribution < -0.4 is 10.7 Å². The zero-order chi connectivity index (χ0) is 20.5. The van der Waals surface area contributed by atoms with Crippen LogP contribution in [0.2, 0.25) is 5.02 Å². The third kappa shape index (κ3) is 3.51. The van der Waals surface area contributed by atoms with Gasteiger partial charge in [-0.1, -0.05) is 23.7 Å². The monoisotopic (exact) mass is 407 g/mol. The molecule has 0 bridgehead atoms. The zero-order valence-corrected chi connectivity index (χ0v) is 17.3. The smallest absolute Gasteiger partial charge is 0.193 e. The maximum atomic E-state index is 13.0. The number of aromatic nitrogens is 4. The van der Waals surface area contributed by atoms with Gasteiger partial charge in [-0.15, -0.1) is 0 Å². The van der Waals surface area contributed by atoms with Gasteiger partial charge in [0.1, 0.15) is 5.82 Å². The Bertz CT molecular complexity index is 1220. The van der Waals surface area contributed by atoms with Crippen LogP contribution in [0.4, 0.5) is 5.82 Å². The van der Waals surface area contributed by atoms with Gasteiger partial charge in [-0.2, -0.15) is 0 Å². The lowest BCUT2D eigenvalue weighted by Crippen LogP contribution is -2.17. The molecule has 0 atom stereocenters. The number of nitrogens with zero attached hydrogens (tertiary/aromatic N) is 3. The molecule has 0 unspecified atom stereocenters. The van der Waals surface area contributed by atoms with E-state index in [1.165, 1.54) is 0 Å². The molecule has 0 aliphatic carbocycles. The van der Waals surface area contributed by atoms with Crippen molar-refractivity contribution in [2.45, 2.75) is 27.2 Å². The lowest BCUT2D eigenvalue weighted by molar-refractivity contribution is 0.965. The molecule has 0 aliphatic heterocycles. The molecule has 2 N–H and O–H groups in total. The maximum Gasteiger partial charge on any atom is 0.193 e. The predicted molar refractivity (Wildman–Crippen MR) is 117 cm³/mol. The molecule has 0 spiro atoms. The summed E-state index contributed by atoms with van der Waals surface area (Å²) in [5.41, 5.74) is 5.38. The molecule has 0 aliphatic rings. The Morgan fingerprint density at radius 3 is 2.72 bits per heavy atom. The first kappa shape index (κ1) is 19.2. The minimum absolute atomic E-state index is 0.0584. The van der Waals surface area contributed by atoms with Crippen molar-refractivity contribution in [2.24, 2.45) is 0 Å². The first-order valence-corrected chi connectivity index (χ1v) is 9.84. The van der Waals surface area contributed by atoms with E-state index in [-0.39, 0.29) is 5.43 Å². The molecule has 0 saturated heterocycles. The van der Waals surface area contributed by atoms with Crippen molar-refractivity contribution in [1.29, 1.82) is 0 Å². The SMILES string of the molecule is Cc1cccc(Cl)c1-n1c(C)cc(=O)c2c(NCCc3c[nH]cn3)ncc(C)c21. The number of rotatable bonds is 5. The third-order valence-electron chi connectivity index (χ3n) is 5.04. The second-order valence-electron chi connectivity index (χ2n) is 7.14. The minimum atomic E-state index is -0.0584. The van der Waals surface area contributed by atoms with Crippen LogP contribution in [-0.4, -0.2) is 26.1 Å². The van der Waals surface area contributed by atoms with Crippen LogP contribution in [-0.2, 0) is 6.42 Å². The summed E-state index contributed by atoms with van der Waals surface area (Å²) in [6.07, 6.45) is 6.03. The molecule has 3 aromatic heterocycles. The highest BCUT2D eigenvalue weighted by Crippen LogP contribution is 2.31. The first-order valence-electron chi connectivity index (χ1n) is 9.46. The van der Waals surface area contributed by atoms with E-state index in [1.54, 1.807) is 18.6 Å². The summed E-state index contributed by atoms with van der Waals surface area (Å²) in [4.78, 5) is 24.7. The van der Waals surface area contributed by atoms with Gasteiger partial charge >= 0.3 is 0 Å². The van der Waals surface area contributed by atoms with E-state index in [4.69, 9.17) is 11.6 Å². The lowest BCUT2D eigenvalue weighted by atomic mass is 10.1. The number of nitrogens with one attached hydrogen (secondary N) is 2. The van der Waals surface area contributed by atoms with E-state index in [0.717, 1.165) is 40.1 Å². The molecule has 148 valence electrons. The van der Waals surface area contributed by atoms with Crippen molar-refractivity contribution < 1.29 is 0 Å². The van der Waals surface area contributed by atoms with Crippen LogP contribution in [0, 0.1) is 20.8 Å². The number of halogens is 1. The molecular formula is C22H22ClN5O. The van der Waals surface area contributed by atoms with Crippen LogP contribution >= 0.6 is 11.6 Å². The van der Waals surface area contributed by atoms with Crippen molar-refractivity contribution in [1.82, 2.24) is 19.5 Å². The molecule has 1 aromatic carbocycles. The maximum absolute atomic E-state index is 13.0. The van der Waals surface area contributed by atoms with Crippen molar-refractivity contribution in [3.05, 3.63) is 80.7 Å². The van der Waals surface area contributed by atoms with Gasteiger partial charge in [0.05, 0.1) is 33.6 Å². The molecule has 4 rings (SSSR count). The van der Waals surface area contributed by atoms with Gasteiger partial charge in [0.2, 0.25) is 0 Å². The van der Waals surface area contributed by atoms with Crippen LogP contribution in [0.5, 0.6) is 0 Å². The molecule has 4 aromatic rings. The molecular weight excluding hydrogens is 386 g/mol. The Morgan fingerprint density at radius 2 is 2.00 bits per heavy atom. The van der Waals surface area contributed by atoms with Gasteiger partial charge in [-0.3, -0.25) is 4.79 Å². The Kier molecular flexibility index (Phi) is 5.11. The molecule has 29 heavy (non-hydrogen) atoms. The quantitative estimate of drug-likeness (QED) is 0.516. The topological polar surface area (TPSA) is 75.6 Å². The number of para-hydroxylation sites is 1. The summed E-state index contributed by atoms with van der Waals surface area (Å²) >= 11 is 6.57. The second-order valence-corrected chi connectivity index (χ2v) is 7.55. The molecule has 0 fully saturated rings. The normalized spacial score (nSPS) is 11.2. The lowest BCUT2D eigenvalue weighted by Gasteiger charge is -2.20. The van der Waals surface area contributed by atoms with Gasteiger partial charge in [0.25, 0.3) is 0 Å². The summed E-state index contributed by atoms with van der Waals surface area (Å²) in [7, 11) is 0. The largest absolute Gasteiger partial charge is 0.369 e. The minimum Gasteiger partial charge on any atom is -0.369 e. The van der Waals surface area contributed by atoms with Gasteiger partial charge in [0.15, 0.2) is 5.43 Å². The number of fused-ring (bicyclic) bond motifs is 1. The molecule has 0 saturated carbocycles. The summed E-state index contributed by atoms with van der Waals surface area (Å²) in [5.74, 6) is 0.574. The fourth-order valence-electron chi connectivity index (χ4n) is 3.69. The average Bonchev–Trinajstić information content (AvgIpc) is 3.19. The number of benzene rings is 1. The van der Waals surface area contributed by atoms with Gasteiger partial charge < -0.3 is 14.9 Å². The number of aromatic amines is 1. The van der Waals surface area contributed by atoms with E-state index >= 15 is 0 Å². The van der Waals surface area contributed by atoms with Crippen LogP contribution in [0.15, 0.2) is 47.8 Å². The fraction of sp³-hybridized carbons (Fsp3) is 0.227. The number of pyridine rings is 2. The Labute approximate surface area is 173 Å². The Balaban J connectivity index is 1.89. The number of anilines is 1. The molecule has 6 nitrogen and oxygen atoms in total. The molecule has 3 heterocycles. The van der Waals surface area contributed by atoms with Crippen molar-refractivity contribution >= 4 is 28.3 Å². The Morgan fingerprint density at radius 1 is 1.17 bits per heavy atom. The highest BCUT2D eigenvalue weighted by atomic mass is 35.5. The zero-order valence-electron chi connectivity index (χ0n) is 16.6. The van der Waals surface area contributed by atoms with Crippen molar-refractivity contribution in [2.75, 3.05) is 11.9 Å². The molecule has 0 radical (unpaired) electrons. The van der Waals surface area contributed by atoms with E-state index in [0.29, 0.717) is 22.8 Å². The van der Waals surface area contributed by atoms with E-state index in [1.807, 2.05) is 45.2 Å². The van der Waals surface area contributed by atoms with E-state index in [2.05, 4.69) is 24.8 Å². The standard InChI is InChI=1S/C22H22ClN5O/c1-13-5-4-6-17(23)20(13)28-15(3)9-18(29)19-21(28)14(2)10-26-22(19)25-8-7-16-11-24-12-27-16/h4-6,9-12H,7-8H2,1-3H3,(H,24,27)(H,25,26). The second kappa shape index (κ2) is 7.72. The van der Waals surface area contributed by atoms with Crippen LogP contribution in [0.1, 0.15) is 22.5 Å². The third-order valence-corrected chi connectivity index (χ3v) is 5.34.